The van der Waals surface area contributed by atoms with E-state index < -0.39 is 6.10 Å². The van der Waals surface area contributed by atoms with Crippen molar-refractivity contribution >= 4 is 6.03 Å². The molecule has 0 spiro atoms. The Morgan fingerprint density at radius 3 is 2.80 bits per heavy atom. The predicted octanol–water partition coefficient (Wildman–Crippen LogP) is 1.03. The predicted molar refractivity (Wildman–Crippen MR) is 96.0 cm³/mol. The Kier molecular flexibility index (Phi) is 5.93. The van der Waals surface area contributed by atoms with E-state index in [1.54, 1.807) is 4.90 Å². The van der Waals surface area contributed by atoms with E-state index >= 15 is 0 Å². The summed E-state index contributed by atoms with van der Waals surface area (Å²) in [5, 5.41) is 22.2. The number of aliphatic hydroxyl groups excluding tert-OH is 2. The molecule has 0 radical (unpaired) electrons. The van der Waals surface area contributed by atoms with Crippen LogP contribution in [-0.4, -0.2) is 70.5 Å². The third-order valence-electron chi connectivity index (χ3n) is 5.48. The van der Waals surface area contributed by atoms with Gasteiger partial charge in [0.15, 0.2) is 0 Å². The molecule has 25 heavy (non-hydrogen) atoms. The molecule has 6 heteroatoms. The van der Waals surface area contributed by atoms with E-state index in [0.717, 1.165) is 26.1 Å². The Hall–Kier alpha value is -1.63. The monoisotopic (exact) mass is 347 g/mol. The van der Waals surface area contributed by atoms with E-state index in [2.05, 4.69) is 41.4 Å². The third kappa shape index (κ3) is 4.51. The number of urea groups is 1. The van der Waals surface area contributed by atoms with Crippen LogP contribution in [0.3, 0.4) is 0 Å². The number of benzene rings is 1. The summed E-state index contributed by atoms with van der Waals surface area (Å²) in [6.07, 6.45) is 0.985. The topological polar surface area (TPSA) is 76.0 Å². The summed E-state index contributed by atoms with van der Waals surface area (Å²) in [5.74, 6) is 0.424. The normalized spacial score (nSPS) is 28.3. The number of nitrogens with one attached hydrogen (secondary N) is 1. The number of hydrogen-bond acceptors (Lipinski definition) is 4. The zero-order chi connectivity index (χ0) is 17.8. The van der Waals surface area contributed by atoms with Gasteiger partial charge in [0, 0.05) is 25.7 Å². The Morgan fingerprint density at radius 2 is 2.08 bits per heavy atom. The molecule has 6 nitrogen and oxygen atoms in total. The Bertz CT molecular complexity index is 568. The van der Waals surface area contributed by atoms with E-state index in [1.165, 1.54) is 5.56 Å². The molecule has 1 aromatic rings. The number of hydrogen-bond donors (Lipinski definition) is 3. The lowest BCUT2D eigenvalue weighted by Gasteiger charge is -2.28. The van der Waals surface area contributed by atoms with Gasteiger partial charge in [-0.05, 0) is 37.8 Å². The highest BCUT2D eigenvalue weighted by molar-refractivity contribution is 5.75. The quantitative estimate of drug-likeness (QED) is 0.744. The van der Waals surface area contributed by atoms with Crippen LogP contribution in [0.2, 0.25) is 0 Å². The van der Waals surface area contributed by atoms with Crippen molar-refractivity contribution in [2.45, 2.75) is 44.5 Å². The van der Waals surface area contributed by atoms with Crippen LogP contribution in [0.4, 0.5) is 4.79 Å². The molecule has 2 aliphatic rings. The molecular formula is C19H29N3O3. The molecule has 3 N–H and O–H groups in total. The zero-order valence-corrected chi connectivity index (χ0v) is 14.8. The molecule has 2 saturated heterocycles. The lowest BCUT2D eigenvalue weighted by atomic mass is 10.0. The summed E-state index contributed by atoms with van der Waals surface area (Å²) >= 11 is 0. The maximum absolute atomic E-state index is 12.5. The van der Waals surface area contributed by atoms with Gasteiger partial charge in [-0.15, -0.1) is 0 Å². The first-order chi connectivity index (χ1) is 12.1. The lowest BCUT2D eigenvalue weighted by Crippen LogP contribution is -2.49. The molecule has 0 unspecified atom stereocenters. The highest BCUT2D eigenvalue weighted by Gasteiger charge is 2.35. The zero-order valence-electron chi connectivity index (χ0n) is 14.8. The second-order valence-corrected chi connectivity index (χ2v) is 7.39. The minimum absolute atomic E-state index is 0.0744. The van der Waals surface area contributed by atoms with E-state index in [1.807, 2.05) is 6.07 Å². The van der Waals surface area contributed by atoms with Crippen molar-refractivity contribution in [3.63, 3.8) is 0 Å². The molecule has 2 aliphatic heterocycles. The van der Waals surface area contributed by atoms with E-state index in [0.29, 0.717) is 18.9 Å². The van der Waals surface area contributed by atoms with Crippen molar-refractivity contribution in [2.24, 2.45) is 5.92 Å². The minimum Gasteiger partial charge on any atom is -0.394 e. The summed E-state index contributed by atoms with van der Waals surface area (Å²) in [6, 6.07) is 10.1. The highest BCUT2D eigenvalue weighted by atomic mass is 16.3. The number of nitrogens with zero attached hydrogens (tertiary/aromatic N) is 2. The van der Waals surface area contributed by atoms with Crippen molar-refractivity contribution in [3.05, 3.63) is 35.9 Å². The van der Waals surface area contributed by atoms with Gasteiger partial charge in [-0.2, -0.15) is 0 Å². The van der Waals surface area contributed by atoms with E-state index in [4.69, 9.17) is 0 Å². The van der Waals surface area contributed by atoms with Gasteiger partial charge < -0.3 is 20.4 Å². The van der Waals surface area contributed by atoms with Crippen LogP contribution in [0.25, 0.3) is 0 Å². The SMILES string of the molecule is C[C@H](NC(=O)N1C[C@@H](O)C[C@H]1CO)[C@@H]1CCN(Cc2ccccc2)C1. The molecule has 4 atom stereocenters. The van der Waals surface area contributed by atoms with Crippen LogP contribution < -0.4 is 5.32 Å². The number of amides is 2. The first-order valence-corrected chi connectivity index (χ1v) is 9.19. The largest absolute Gasteiger partial charge is 0.394 e. The van der Waals surface area contributed by atoms with E-state index in [9.17, 15) is 15.0 Å². The van der Waals surface area contributed by atoms with Crippen LogP contribution in [-0.2, 0) is 6.54 Å². The highest BCUT2D eigenvalue weighted by Crippen LogP contribution is 2.23. The van der Waals surface area contributed by atoms with Crippen LogP contribution in [0.1, 0.15) is 25.3 Å². The maximum Gasteiger partial charge on any atom is 0.318 e. The number of rotatable bonds is 5. The molecule has 0 bridgehead atoms. The van der Waals surface area contributed by atoms with Crippen LogP contribution in [0.5, 0.6) is 0 Å². The fourth-order valence-corrected chi connectivity index (χ4v) is 3.97. The van der Waals surface area contributed by atoms with E-state index in [-0.39, 0.29) is 24.7 Å². The molecule has 0 aliphatic carbocycles. The number of likely N-dealkylation sites (tertiary alicyclic amines) is 2. The third-order valence-corrected chi connectivity index (χ3v) is 5.48. The van der Waals surface area contributed by atoms with Crippen molar-refractivity contribution in [1.82, 2.24) is 15.1 Å². The standard InChI is InChI=1S/C19H29N3O3/c1-14(20-19(25)22-12-18(24)9-17(22)13-23)16-7-8-21(11-16)10-15-5-3-2-4-6-15/h2-6,14,16-18,23-24H,7-13H2,1H3,(H,20,25)/t14-,16+,17-,18-/m0/s1. The fraction of sp³-hybridized carbons (Fsp3) is 0.632. The molecule has 138 valence electrons. The minimum atomic E-state index is -0.536. The van der Waals surface area contributed by atoms with Crippen molar-refractivity contribution in [3.8, 4) is 0 Å². The maximum atomic E-state index is 12.5. The second kappa shape index (κ2) is 8.17. The number of β-amino-alcohol motifs (C(OH)–C–C–N with tert-alkyl or cyclic N) is 1. The van der Waals surface area contributed by atoms with Crippen molar-refractivity contribution in [1.29, 1.82) is 0 Å². The molecular weight excluding hydrogens is 318 g/mol. The second-order valence-electron chi connectivity index (χ2n) is 7.39. The molecule has 0 aromatic heterocycles. The number of carbonyl (C=O) groups excluding carboxylic acids is 1. The number of aliphatic hydroxyl groups is 2. The molecule has 0 saturated carbocycles. The van der Waals surface area contributed by atoms with Crippen molar-refractivity contribution < 1.29 is 15.0 Å². The average Bonchev–Trinajstić information content (AvgIpc) is 3.22. The van der Waals surface area contributed by atoms with Crippen LogP contribution >= 0.6 is 0 Å². The summed E-state index contributed by atoms with van der Waals surface area (Å²) < 4.78 is 0. The average molecular weight is 347 g/mol. The van der Waals surface area contributed by atoms with Gasteiger partial charge in [-0.3, -0.25) is 4.90 Å². The first-order valence-electron chi connectivity index (χ1n) is 9.19. The Balaban J connectivity index is 1.49. The van der Waals surface area contributed by atoms with Gasteiger partial charge >= 0.3 is 6.03 Å². The van der Waals surface area contributed by atoms with Gasteiger partial charge in [0.05, 0.1) is 18.8 Å². The van der Waals surface area contributed by atoms with Crippen molar-refractivity contribution in [2.75, 3.05) is 26.2 Å². The van der Waals surface area contributed by atoms with Gasteiger partial charge in [-0.25, -0.2) is 4.79 Å². The van der Waals surface area contributed by atoms with Gasteiger partial charge in [0.2, 0.25) is 0 Å². The fourth-order valence-electron chi connectivity index (χ4n) is 3.97. The summed E-state index contributed by atoms with van der Waals surface area (Å²) in [4.78, 5) is 16.5. The van der Waals surface area contributed by atoms with Crippen LogP contribution in [0.15, 0.2) is 30.3 Å². The summed E-state index contributed by atoms with van der Waals surface area (Å²) in [5.41, 5.74) is 1.32. The Labute approximate surface area is 149 Å². The van der Waals surface area contributed by atoms with Gasteiger partial charge in [0.1, 0.15) is 0 Å². The molecule has 2 fully saturated rings. The molecule has 3 rings (SSSR count). The molecule has 2 amide bonds. The van der Waals surface area contributed by atoms with Crippen LogP contribution in [0, 0.1) is 5.92 Å². The van der Waals surface area contributed by atoms with Gasteiger partial charge in [-0.1, -0.05) is 30.3 Å². The Morgan fingerprint density at radius 1 is 1.32 bits per heavy atom. The summed E-state index contributed by atoms with van der Waals surface area (Å²) in [7, 11) is 0. The molecule has 2 heterocycles. The molecule has 1 aromatic carbocycles. The smallest absolute Gasteiger partial charge is 0.318 e. The number of carbonyl (C=O) groups is 1. The summed E-state index contributed by atoms with van der Waals surface area (Å²) in [6.45, 7) is 5.21. The van der Waals surface area contributed by atoms with Gasteiger partial charge in [0.25, 0.3) is 0 Å². The lowest BCUT2D eigenvalue weighted by molar-refractivity contribution is 0.150. The first kappa shape index (κ1) is 18.2.